The van der Waals surface area contributed by atoms with Gasteiger partial charge in [-0.1, -0.05) is 5.10 Å². The standard InChI is InChI=1S/C18H16F2N4O3S/c1-4-27-18-24-23-17(28-18)22-16(25)11-8-21-9(2)7-10(11)14-13(26-3)6-5-12(19)15(14)20/h5-8H,4H2,1-3H3,(H,22,23,25). The van der Waals surface area contributed by atoms with Crippen LogP contribution in [0.25, 0.3) is 11.1 Å². The Kier molecular flexibility index (Phi) is 5.78. The fourth-order valence-corrected chi connectivity index (χ4v) is 3.16. The van der Waals surface area contributed by atoms with Crippen molar-refractivity contribution in [2.75, 3.05) is 19.0 Å². The van der Waals surface area contributed by atoms with Crippen LogP contribution in [0.2, 0.25) is 0 Å². The molecule has 28 heavy (non-hydrogen) atoms. The lowest BCUT2D eigenvalue weighted by Crippen LogP contribution is -2.14. The van der Waals surface area contributed by atoms with Crippen molar-refractivity contribution in [3.05, 3.63) is 47.3 Å². The number of rotatable bonds is 6. The first-order valence-corrected chi connectivity index (χ1v) is 9.02. The Bertz CT molecular complexity index is 1030. The summed E-state index contributed by atoms with van der Waals surface area (Å²) in [6.07, 6.45) is 1.29. The van der Waals surface area contributed by atoms with Crippen molar-refractivity contribution in [3.8, 4) is 22.1 Å². The van der Waals surface area contributed by atoms with Gasteiger partial charge in [0.25, 0.3) is 11.1 Å². The summed E-state index contributed by atoms with van der Waals surface area (Å²) in [6.45, 7) is 3.88. The molecule has 146 valence electrons. The maximum absolute atomic E-state index is 14.6. The zero-order valence-electron chi connectivity index (χ0n) is 15.2. The van der Waals surface area contributed by atoms with E-state index in [1.54, 1.807) is 13.8 Å². The minimum atomic E-state index is -1.12. The Labute approximate surface area is 163 Å². The highest BCUT2D eigenvalue weighted by Gasteiger charge is 2.23. The van der Waals surface area contributed by atoms with Gasteiger partial charge in [0.2, 0.25) is 5.13 Å². The number of aromatic nitrogens is 3. The molecule has 0 aliphatic rings. The van der Waals surface area contributed by atoms with Gasteiger partial charge in [0.15, 0.2) is 11.6 Å². The minimum absolute atomic E-state index is 0.0292. The molecule has 0 saturated carbocycles. The smallest absolute Gasteiger partial charge is 0.295 e. The molecule has 1 aromatic carbocycles. The number of amides is 1. The van der Waals surface area contributed by atoms with Gasteiger partial charge in [0, 0.05) is 17.5 Å². The van der Waals surface area contributed by atoms with Crippen LogP contribution in [-0.4, -0.2) is 34.8 Å². The molecule has 3 rings (SSSR count). The number of anilines is 1. The summed E-state index contributed by atoms with van der Waals surface area (Å²) in [5.41, 5.74) is 0.534. The van der Waals surface area contributed by atoms with E-state index in [-0.39, 0.29) is 27.6 Å². The van der Waals surface area contributed by atoms with Gasteiger partial charge < -0.3 is 9.47 Å². The molecule has 0 atom stereocenters. The predicted molar refractivity (Wildman–Crippen MR) is 99.9 cm³/mol. The summed E-state index contributed by atoms with van der Waals surface area (Å²) < 4.78 is 38.8. The molecule has 0 unspecified atom stereocenters. The van der Waals surface area contributed by atoms with Crippen molar-refractivity contribution in [1.29, 1.82) is 0 Å². The highest BCUT2D eigenvalue weighted by atomic mass is 32.1. The van der Waals surface area contributed by atoms with Crippen molar-refractivity contribution in [2.45, 2.75) is 13.8 Å². The van der Waals surface area contributed by atoms with Crippen molar-refractivity contribution in [3.63, 3.8) is 0 Å². The Hall–Kier alpha value is -3.14. The number of nitrogens with zero attached hydrogens (tertiary/aromatic N) is 3. The molecular formula is C18H16F2N4O3S. The highest BCUT2D eigenvalue weighted by Crippen LogP contribution is 2.36. The van der Waals surface area contributed by atoms with Crippen LogP contribution in [0.4, 0.5) is 13.9 Å². The molecule has 0 fully saturated rings. The predicted octanol–water partition coefficient (Wildman–Crippen LogP) is 3.85. The van der Waals surface area contributed by atoms with Crippen molar-refractivity contribution in [1.82, 2.24) is 15.2 Å². The van der Waals surface area contributed by atoms with Crippen molar-refractivity contribution in [2.24, 2.45) is 0 Å². The number of pyridine rings is 1. The third-order valence-electron chi connectivity index (χ3n) is 3.73. The van der Waals surface area contributed by atoms with Crippen LogP contribution < -0.4 is 14.8 Å². The molecule has 1 N–H and O–H groups in total. The molecule has 0 aliphatic heterocycles. The molecule has 0 saturated heterocycles. The Morgan fingerprint density at radius 1 is 1.29 bits per heavy atom. The lowest BCUT2D eigenvalue weighted by molar-refractivity contribution is 0.102. The normalized spacial score (nSPS) is 10.6. The number of hydrogen-bond acceptors (Lipinski definition) is 7. The quantitative estimate of drug-likeness (QED) is 0.669. The second kappa shape index (κ2) is 8.26. The second-order valence-electron chi connectivity index (χ2n) is 5.57. The van der Waals surface area contributed by atoms with E-state index in [0.29, 0.717) is 17.5 Å². The zero-order chi connectivity index (χ0) is 20.3. The Morgan fingerprint density at radius 2 is 2.07 bits per heavy atom. The largest absolute Gasteiger partial charge is 0.496 e. The van der Waals surface area contributed by atoms with E-state index >= 15 is 0 Å². The van der Waals surface area contributed by atoms with E-state index < -0.39 is 17.5 Å². The van der Waals surface area contributed by atoms with Gasteiger partial charge in [0.1, 0.15) is 5.75 Å². The summed E-state index contributed by atoms with van der Waals surface area (Å²) in [4.78, 5) is 16.9. The summed E-state index contributed by atoms with van der Waals surface area (Å²) in [5.74, 6) is -2.68. The van der Waals surface area contributed by atoms with Crippen LogP contribution in [0, 0.1) is 18.6 Å². The molecule has 0 aliphatic carbocycles. The average Bonchev–Trinajstić information content (AvgIpc) is 3.10. The molecule has 2 heterocycles. The van der Waals surface area contributed by atoms with E-state index in [1.165, 1.54) is 25.4 Å². The summed E-state index contributed by atoms with van der Waals surface area (Å²) in [5, 5.41) is 10.7. The molecule has 3 aromatic rings. The van der Waals surface area contributed by atoms with Crippen molar-refractivity contribution < 1.29 is 23.0 Å². The Morgan fingerprint density at radius 3 is 2.79 bits per heavy atom. The molecular weight excluding hydrogens is 390 g/mol. The van der Waals surface area contributed by atoms with Gasteiger partial charge >= 0.3 is 0 Å². The van der Waals surface area contributed by atoms with Gasteiger partial charge in [-0.2, -0.15) is 0 Å². The summed E-state index contributed by atoms with van der Waals surface area (Å²) in [7, 11) is 1.33. The van der Waals surface area contributed by atoms with Crippen molar-refractivity contribution >= 4 is 22.4 Å². The molecule has 0 radical (unpaired) electrons. The van der Waals surface area contributed by atoms with Gasteiger partial charge in [-0.15, -0.1) is 5.10 Å². The SMILES string of the molecule is CCOc1nnc(NC(=O)c2cnc(C)cc2-c2c(OC)ccc(F)c2F)s1. The summed E-state index contributed by atoms with van der Waals surface area (Å²) >= 11 is 1.04. The van der Waals surface area contributed by atoms with Crippen LogP contribution in [-0.2, 0) is 0 Å². The first-order valence-electron chi connectivity index (χ1n) is 8.21. The fraction of sp³-hybridized carbons (Fsp3) is 0.222. The number of methoxy groups -OCH3 is 1. The molecule has 10 heteroatoms. The van der Waals surface area contributed by atoms with Gasteiger partial charge in [0.05, 0.1) is 24.8 Å². The maximum Gasteiger partial charge on any atom is 0.295 e. The van der Waals surface area contributed by atoms with Gasteiger partial charge in [-0.25, -0.2) is 8.78 Å². The number of hydrogen-bond donors (Lipinski definition) is 1. The second-order valence-corrected chi connectivity index (χ2v) is 6.51. The van der Waals surface area contributed by atoms with E-state index in [4.69, 9.17) is 9.47 Å². The van der Waals surface area contributed by atoms with Crippen LogP contribution in [0.15, 0.2) is 24.4 Å². The third-order valence-corrected chi connectivity index (χ3v) is 4.48. The number of aryl methyl sites for hydroxylation is 1. The maximum atomic E-state index is 14.6. The summed E-state index contributed by atoms with van der Waals surface area (Å²) in [6, 6.07) is 3.74. The molecule has 2 aromatic heterocycles. The number of ether oxygens (including phenoxy) is 2. The number of halogens is 2. The number of benzene rings is 1. The topological polar surface area (TPSA) is 86.2 Å². The van der Waals surface area contributed by atoms with E-state index in [1.807, 2.05) is 0 Å². The van der Waals surface area contributed by atoms with Crippen LogP contribution >= 0.6 is 11.3 Å². The zero-order valence-corrected chi connectivity index (χ0v) is 16.1. The van der Waals surface area contributed by atoms with E-state index in [0.717, 1.165) is 17.4 Å². The molecule has 0 spiro atoms. The number of carbonyl (C=O) groups is 1. The Balaban J connectivity index is 2.04. The number of carbonyl (C=O) groups excluding carboxylic acids is 1. The van der Waals surface area contributed by atoms with Gasteiger partial charge in [-0.3, -0.25) is 15.1 Å². The first kappa shape index (κ1) is 19.6. The third kappa shape index (κ3) is 3.91. The highest BCUT2D eigenvalue weighted by molar-refractivity contribution is 7.17. The van der Waals surface area contributed by atoms with E-state index in [2.05, 4.69) is 20.5 Å². The average molecular weight is 406 g/mol. The number of nitrogens with one attached hydrogen (secondary N) is 1. The first-order chi connectivity index (χ1) is 13.4. The lowest BCUT2D eigenvalue weighted by Gasteiger charge is -2.14. The van der Waals surface area contributed by atoms with E-state index in [9.17, 15) is 13.6 Å². The fourth-order valence-electron chi connectivity index (χ4n) is 2.51. The van der Waals surface area contributed by atoms with Crippen LogP contribution in [0.5, 0.6) is 10.9 Å². The lowest BCUT2D eigenvalue weighted by atomic mass is 9.98. The van der Waals surface area contributed by atoms with Crippen LogP contribution in [0.3, 0.4) is 0 Å². The van der Waals surface area contributed by atoms with Gasteiger partial charge in [-0.05, 0) is 43.4 Å². The van der Waals surface area contributed by atoms with Crippen LogP contribution in [0.1, 0.15) is 23.0 Å². The molecule has 0 bridgehead atoms. The molecule has 1 amide bonds. The monoisotopic (exact) mass is 406 g/mol. The molecule has 7 nitrogen and oxygen atoms in total. The minimum Gasteiger partial charge on any atom is -0.496 e.